The van der Waals surface area contributed by atoms with E-state index in [-0.39, 0.29) is 0 Å². The summed E-state index contributed by atoms with van der Waals surface area (Å²) in [4.78, 5) is 24.2. The van der Waals surface area contributed by atoms with Gasteiger partial charge >= 0.3 is 5.97 Å². The van der Waals surface area contributed by atoms with Gasteiger partial charge in [-0.2, -0.15) is 5.10 Å². The maximum absolute atomic E-state index is 11.6. The SMILES string of the molecule is CCOC(=O)c1cnn(-c2ccc3nccnc3n2)c1. The lowest BCUT2D eigenvalue weighted by Crippen LogP contribution is -2.03. The highest BCUT2D eigenvalue weighted by atomic mass is 16.5. The minimum atomic E-state index is -0.403. The zero-order valence-electron chi connectivity index (χ0n) is 10.7. The summed E-state index contributed by atoms with van der Waals surface area (Å²) in [7, 11) is 0. The standard InChI is InChI=1S/C13H11N5O2/c1-2-20-13(19)9-7-16-18(8-9)11-4-3-10-12(17-11)15-6-5-14-10/h3-8H,2H2,1H3. The van der Waals surface area contributed by atoms with Crippen molar-refractivity contribution in [2.75, 3.05) is 6.61 Å². The number of hydrogen-bond donors (Lipinski definition) is 0. The van der Waals surface area contributed by atoms with Crippen LogP contribution in [-0.4, -0.2) is 37.3 Å². The number of pyridine rings is 1. The summed E-state index contributed by atoms with van der Waals surface area (Å²) in [6.07, 6.45) is 6.20. The zero-order chi connectivity index (χ0) is 13.9. The Kier molecular flexibility index (Phi) is 3.08. The Hall–Kier alpha value is -2.83. The van der Waals surface area contributed by atoms with Crippen molar-refractivity contribution in [2.45, 2.75) is 6.92 Å². The molecule has 3 rings (SSSR count). The summed E-state index contributed by atoms with van der Waals surface area (Å²) < 4.78 is 6.41. The minimum Gasteiger partial charge on any atom is -0.462 e. The third-order valence-corrected chi connectivity index (χ3v) is 2.65. The fourth-order valence-electron chi connectivity index (χ4n) is 1.74. The second-order valence-corrected chi connectivity index (χ2v) is 3.96. The van der Waals surface area contributed by atoms with Crippen LogP contribution < -0.4 is 0 Å². The molecule has 0 spiro atoms. The minimum absolute atomic E-state index is 0.327. The van der Waals surface area contributed by atoms with E-state index in [1.807, 2.05) is 0 Å². The van der Waals surface area contributed by atoms with Gasteiger partial charge < -0.3 is 4.74 Å². The van der Waals surface area contributed by atoms with Gasteiger partial charge in [-0.15, -0.1) is 0 Å². The summed E-state index contributed by atoms with van der Waals surface area (Å²) in [6.45, 7) is 2.08. The first-order chi connectivity index (χ1) is 9.78. The first-order valence-corrected chi connectivity index (χ1v) is 6.08. The molecular weight excluding hydrogens is 258 g/mol. The van der Waals surface area contributed by atoms with E-state index in [9.17, 15) is 4.79 Å². The van der Waals surface area contributed by atoms with Crippen LogP contribution in [0.5, 0.6) is 0 Å². The number of nitrogens with zero attached hydrogens (tertiary/aromatic N) is 5. The van der Waals surface area contributed by atoms with Crippen molar-refractivity contribution in [2.24, 2.45) is 0 Å². The molecule has 0 aliphatic rings. The lowest BCUT2D eigenvalue weighted by atomic mass is 10.3. The molecule has 0 aliphatic carbocycles. The van der Waals surface area contributed by atoms with Crippen molar-refractivity contribution < 1.29 is 9.53 Å². The Labute approximate surface area is 114 Å². The largest absolute Gasteiger partial charge is 0.462 e. The summed E-state index contributed by atoms with van der Waals surface area (Å²) in [5.74, 6) is 0.160. The molecule has 3 aromatic rings. The van der Waals surface area contributed by atoms with Crippen LogP contribution in [0.25, 0.3) is 17.0 Å². The van der Waals surface area contributed by atoms with Crippen LogP contribution in [-0.2, 0) is 4.74 Å². The van der Waals surface area contributed by atoms with E-state index < -0.39 is 5.97 Å². The van der Waals surface area contributed by atoms with Crippen molar-refractivity contribution >= 4 is 17.1 Å². The number of carbonyl (C=O) groups is 1. The Balaban J connectivity index is 1.96. The molecule has 0 saturated heterocycles. The van der Waals surface area contributed by atoms with E-state index in [0.717, 1.165) is 0 Å². The van der Waals surface area contributed by atoms with E-state index in [1.54, 1.807) is 37.6 Å². The summed E-state index contributed by atoms with van der Waals surface area (Å²) >= 11 is 0. The number of carbonyl (C=O) groups excluding carboxylic acids is 1. The molecule has 0 radical (unpaired) electrons. The summed E-state index contributed by atoms with van der Waals surface area (Å²) in [6, 6.07) is 3.56. The van der Waals surface area contributed by atoms with Crippen LogP contribution in [0.1, 0.15) is 17.3 Å². The van der Waals surface area contributed by atoms with Gasteiger partial charge in [0.1, 0.15) is 5.52 Å². The highest BCUT2D eigenvalue weighted by molar-refractivity contribution is 5.88. The third-order valence-electron chi connectivity index (χ3n) is 2.65. The van der Waals surface area contributed by atoms with Crippen LogP contribution in [0.3, 0.4) is 0 Å². The molecule has 3 heterocycles. The van der Waals surface area contributed by atoms with Crippen LogP contribution in [0.2, 0.25) is 0 Å². The highest BCUT2D eigenvalue weighted by Gasteiger charge is 2.11. The average Bonchev–Trinajstić information content (AvgIpc) is 2.97. The van der Waals surface area contributed by atoms with Gasteiger partial charge in [-0.1, -0.05) is 0 Å². The van der Waals surface area contributed by atoms with E-state index in [1.165, 1.54) is 10.9 Å². The predicted octanol–water partition coefficient (Wildman–Crippen LogP) is 1.39. The Bertz CT molecular complexity index is 768. The number of hydrogen-bond acceptors (Lipinski definition) is 6. The zero-order valence-corrected chi connectivity index (χ0v) is 10.7. The third kappa shape index (κ3) is 2.20. The van der Waals surface area contributed by atoms with Crippen molar-refractivity contribution in [3.8, 4) is 5.82 Å². The normalized spacial score (nSPS) is 10.7. The lowest BCUT2D eigenvalue weighted by molar-refractivity contribution is 0.0526. The molecule has 0 saturated carbocycles. The van der Waals surface area contributed by atoms with Crippen molar-refractivity contribution in [1.29, 1.82) is 0 Å². The number of rotatable bonds is 3. The molecular formula is C13H11N5O2. The number of fused-ring (bicyclic) bond motifs is 1. The molecule has 0 bridgehead atoms. The van der Waals surface area contributed by atoms with Crippen molar-refractivity contribution in [1.82, 2.24) is 24.7 Å². The van der Waals surface area contributed by atoms with E-state index in [2.05, 4.69) is 20.1 Å². The van der Waals surface area contributed by atoms with Gasteiger partial charge in [-0.3, -0.25) is 4.98 Å². The average molecular weight is 269 g/mol. The van der Waals surface area contributed by atoms with Gasteiger partial charge in [0.05, 0.1) is 18.4 Å². The molecule has 0 unspecified atom stereocenters. The van der Waals surface area contributed by atoms with Crippen LogP contribution in [0.4, 0.5) is 0 Å². The second kappa shape index (κ2) is 5.04. The van der Waals surface area contributed by atoms with E-state index in [4.69, 9.17) is 4.74 Å². The fraction of sp³-hybridized carbons (Fsp3) is 0.154. The Morgan fingerprint density at radius 1 is 1.30 bits per heavy atom. The molecule has 0 amide bonds. The van der Waals surface area contributed by atoms with Gasteiger partial charge in [0.2, 0.25) is 0 Å². The lowest BCUT2D eigenvalue weighted by Gasteiger charge is -2.01. The molecule has 7 heteroatoms. The smallest absolute Gasteiger partial charge is 0.341 e. The predicted molar refractivity (Wildman–Crippen MR) is 70.4 cm³/mol. The molecule has 100 valence electrons. The van der Waals surface area contributed by atoms with Gasteiger partial charge in [-0.05, 0) is 19.1 Å². The number of esters is 1. The molecule has 0 fully saturated rings. The van der Waals surface area contributed by atoms with Gasteiger partial charge in [0.25, 0.3) is 0 Å². The molecule has 7 nitrogen and oxygen atoms in total. The van der Waals surface area contributed by atoms with Crippen molar-refractivity contribution in [3.63, 3.8) is 0 Å². The van der Waals surface area contributed by atoms with Crippen LogP contribution in [0.15, 0.2) is 36.9 Å². The first-order valence-electron chi connectivity index (χ1n) is 6.08. The topological polar surface area (TPSA) is 82.8 Å². The maximum Gasteiger partial charge on any atom is 0.341 e. The molecule has 20 heavy (non-hydrogen) atoms. The van der Waals surface area contributed by atoms with Gasteiger partial charge in [0.15, 0.2) is 11.5 Å². The molecule has 3 aromatic heterocycles. The van der Waals surface area contributed by atoms with Crippen molar-refractivity contribution in [3.05, 3.63) is 42.5 Å². The number of ether oxygens (including phenoxy) is 1. The van der Waals surface area contributed by atoms with Gasteiger partial charge in [0, 0.05) is 18.6 Å². The first kappa shape index (κ1) is 12.2. The second-order valence-electron chi connectivity index (χ2n) is 3.96. The van der Waals surface area contributed by atoms with E-state index in [0.29, 0.717) is 29.2 Å². The molecule has 0 N–H and O–H groups in total. The molecule has 0 atom stereocenters. The molecule has 0 aliphatic heterocycles. The van der Waals surface area contributed by atoms with Crippen LogP contribution >= 0.6 is 0 Å². The Morgan fingerprint density at radius 2 is 2.15 bits per heavy atom. The molecule has 0 aromatic carbocycles. The monoisotopic (exact) mass is 269 g/mol. The van der Waals surface area contributed by atoms with E-state index >= 15 is 0 Å². The number of aromatic nitrogens is 5. The maximum atomic E-state index is 11.6. The Morgan fingerprint density at radius 3 is 3.00 bits per heavy atom. The fourth-order valence-corrected chi connectivity index (χ4v) is 1.74. The van der Waals surface area contributed by atoms with Crippen LogP contribution in [0, 0.1) is 0 Å². The highest BCUT2D eigenvalue weighted by Crippen LogP contribution is 2.11. The van der Waals surface area contributed by atoms with Gasteiger partial charge in [-0.25, -0.2) is 19.4 Å². The summed E-state index contributed by atoms with van der Waals surface area (Å²) in [5.41, 5.74) is 1.61. The quantitative estimate of drug-likeness (QED) is 0.668. The summed E-state index contributed by atoms with van der Waals surface area (Å²) in [5, 5.41) is 4.10.